The molecule has 1 N–H and O–H groups in total. The molecule has 0 atom stereocenters. The summed E-state index contributed by atoms with van der Waals surface area (Å²) in [5.74, 6) is -0.912. The smallest absolute Gasteiger partial charge is 0.305 e. The fourth-order valence-corrected chi connectivity index (χ4v) is 1.13. The molecule has 15 heavy (non-hydrogen) atoms. The van der Waals surface area contributed by atoms with E-state index in [0.717, 1.165) is 25.7 Å². The van der Waals surface area contributed by atoms with Crippen molar-refractivity contribution in [3.8, 4) is 0 Å². The lowest BCUT2D eigenvalue weighted by Gasteiger charge is -2.03. The van der Waals surface area contributed by atoms with E-state index in [1.54, 1.807) is 0 Å². The van der Waals surface area contributed by atoms with Crippen LogP contribution in [0.25, 0.3) is 0 Å². The van der Waals surface area contributed by atoms with E-state index in [1.807, 2.05) is 6.92 Å². The Morgan fingerprint density at radius 1 is 1.07 bits per heavy atom. The number of hydrogen-bond acceptors (Lipinski definition) is 3. The van der Waals surface area contributed by atoms with E-state index < -0.39 is 5.97 Å². The first kappa shape index (κ1) is 13.9. The molecule has 0 aliphatic carbocycles. The third-order valence-corrected chi connectivity index (χ3v) is 2.03. The average Bonchev–Trinajstić information content (AvgIpc) is 2.19. The number of rotatable bonds is 9. The van der Waals surface area contributed by atoms with Gasteiger partial charge >= 0.3 is 11.9 Å². The highest BCUT2D eigenvalue weighted by Crippen LogP contribution is 2.02. The van der Waals surface area contributed by atoms with Crippen LogP contribution in [0.4, 0.5) is 0 Å². The Morgan fingerprint density at radius 2 is 1.80 bits per heavy atom. The highest BCUT2D eigenvalue weighted by atomic mass is 16.5. The van der Waals surface area contributed by atoms with Gasteiger partial charge < -0.3 is 9.84 Å². The van der Waals surface area contributed by atoms with E-state index >= 15 is 0 Å². The molecule has 4 nitrogen and oxygen atoms in total. The van der Waals surface area contributed by atoms with Crippen LogP contribution in [0.5, 0.6) is 0 Å². The van der Waals surface area contributed by atoms with Crippen molar-refractivity contribution in [1.29, 1.82) is 0 Å². The zero-order valence-corrected chi connectivity index (χ0v) is 9.33. The topological polar surface area (TPSA) is 63.6 Å². The maximum atomic E-state index is 11.0. The van der Waals surface area contributed by atoms with Crippen molar-refractivity contribution in [3.63, 3.8) is 0 Å². The van der Waals surface area contributed by atoms with Crippen molar-refractivity contribution in [1.82, 2.24) is 0 Å². The number of unbranched alkanes of at least 4 members (excludes halogenated alkanes) is 3. The lowest BCUT2D eigenvalue weighted by Crippen LogP contribution is -2.05. The monoisotopic (exact) mass is 216 g/mol. The molecule has 0 fully saturated rings. The van der Waals surface area contributed by atoms with Crippen LogP contribution in [0, 0.1) is 0 Å². The van der Waals surface area contributed by atoms with Crippen LogP contribution in [-0.2, 0) is 14.3 Å². The lowest BCUT2D eigenvalue weighted by molar-refractivity contribution is -0.144. The molecule has 0 amide bonds. The molecule has 0 unspecified atom stereocenters. The van der Waals surface area contributed by atoms with Gasteiger partial charge in [0.05, 0.1) is 6.61 Å². The van der Waals surface area contributed by atoms with Crippen LogP contribution in [-0.4, -0.2) is 23.7 Å². The van der Waals surface area contributed by atoms with Crippen LogP contribution < -0.4 is 0 Å². The second kappa shape index (κ2) is 9.49. The number of carbonyl (C=O) groups is 2. The Bertz CT molecular complexity index is 189. The van der Waals surface area contributed by atoms with Crippen LogP contribution in [0.1, 0.15) is 51.9 Å². The van der Waals surface area contributed by atoms with Gasteiger partial charge in [-0.05, 0) is 25.7 Å². The highest BCUT2D eigenvalue weighted by molar-refractivity contribution is 5.69. The highest BCUT2D eigenvalue weighted by Gasteiger charge is 2.01. The van der Waals surface area contributed by atoms with Crippen molar-refractivity contribution >= 4 is 11.9 Å². The summed E-state index contributed by atoms with van der Waals surface area (Å²) in [5, 5.41) is 8.37. The quantitative estimate of drug-likeness (QED) is 0.474. The predicted molar refractivity (Wildman–Crippen MR) is 56.6 cm³/mol. The third-order valence-electron chi connectivity index (χ3n) is 2.03. The molecule has 0 aromatic rings. The lowest BCUT2D eigenvalue weighted by atomic mass is 10.2. The van der Waals surface area contributed by atoms with E-state index in [1.165, 1.54) is 0 Å². The van der Waals surface area contributed by atoms with Gasteiger partial charge in [0.15, 0.2) is 0 Å². The fraction of sp³-hybridized carbons (Fsp3) is 0.818. The number of aliphatic carboxylic acids is 1. The number of carboxylic acid groups (broad SMARTS) is 1. The molecule has 0 bridgehead atoms. The molecule has 0 aliphatic rings. The third kappa shape index (κ3) is 10.9. The molecule has 0 aromatic heterocycles. The molecule has 4 heteroatoms. The first-order valence-corrected chi connectivity index (χ1v) is 5.54. The van der Waals surface area contributed by atoms with Crippen molar-refractivity contribution in [2.24, 2.45) is 0 Å². The number of hydrogen-bond donors (Lipinski definition) is 1. The molecule has 0 aromatic carbocycles. The first-order chi connectivity index (χ1) is 7.16. The maximum absolute atomic E-state index is 11.0. The normalized spacial score (nSPS) is 9.93. The summed E-state index contributed by atoms with van der Waals surface area (Å²) in [4.78, 5) is 21.2. The average molecular weight is 216 g/mol. The molecular formula is C11H20O4. The van der Waals surface area contributed by atoms with Gasteiger partial charge in [0.25, 0.3) is 0 Å². The second-order valence-corrected chi connectivity index (χ2v) is 3.53. The van der Waals surface area contributed by atoms with Gasteiger partial charge in [0.1, 0.15) is 0 Å². The van der Waals surface area contributed by atoms with E-state index in [2.05, 4.69) is 0 Å². The Hall–Kier alpha value is -1.06. The summed E-state index contributed by atoms with van der Waals surface area (Å²) < 4.78 is 4.96. The standard InChI is InChI=1S/C11H20O4/c1-2-3-8-11(14)15-9-6-4-5-7-10(12)13/h2-9H2,1H3,(H,12,13). The van der Waals surface area contributed by atoms with Crippen LogP contribution in [0.2, 0.25) is 0 Å². The number of esters is 1. The molecular weight excluding hydrogens is 196 g/mol. The minimum Gasteiger partial charge on any atom is -0.481 e. The summed E-state index contributed by atoms with van der Waals surface area (Å²) in [6.07, 6.45) is 4.77. The van der Waals surface area contributed by atoms with Gasteiger partial charge in [-0.1, -0.05) is 13.3 Å². The van der Waals surface area contributed by atoms with Crippen molar-refractivity contribution < 1.29 is 19.4 Å². The number of carbonyl (C=O) groups excluding carboxylic acids is 1. The summed E-state index contributed by atoms with van der Waals surface area (Å²) in [6, 6.07) is 0. The van der Waals surface area contributed by atoms with Crippen molar-refractivity contribution in [2.45, 2.75) is 51.9 Å². The van der Waals surface area contributed by atoms with Gasteiger partial charge in [-0.15, -0.1) is 0 Å². The Kier molecular flexibility index (Phi) is 8.82. The molecule has 0 rings (SSSR count). The minimum atomic E-state index is -0.769. The van der Waals surface area contributed by atoms with Crippen LogP contribution in [0.15, 0.2) is 0 Å². The van der Waals surface area contributed by atoms with E-state index in [-0.39, 0.29) is 12.4 Å². The second-order valence-electron chi connectivity index (χ2n) is 3.53. The van der Waals surface area contributed by atoms with Crippen molar-refractivity contribution in [3.05, 3.63) is 0 Å². The zero-order chi connectivity index (χ0) is 11.5. The molecule has 0 radical (unpaired) electrons. The molecule has 0 spiro atoms. The first-order valence-electron chi connectivity index (χ1n) is 5.54. The molecule has 0 saturated carbocycles. The zero-order valence-electron chi connectivity index (χ0n) is 9.33. The summed E-state index contributed by atoms with van der Waals surface area (Å²) in [7, 11) is 0. The van der Waals surface area contributed by atoms with Crippen LogP contribution >= 0.6 is 0 Å². The summed E-state index contributed by atoms with van der Waals surface area (Å²) in [5.41, 5.74) is 0. The van der Waals surface area contributed by atoms with E-state index in [9.17, 15) is 9.59 Å². The van der Waals surface area contributed by atoms with Gasteiger partial charge in [0.2, 0.25) is 0 Å². The Labute approximate surface area is 90.6 Å². The summed E-state index contributed by atoms with van der Waals surface area (Å²) >= 11 is 0. The molecule has 0 saturated heterocycles. The van der Waals surface area contributed by atoms with Gasteiger partial charge in [-0.25, -0.2) is 0 Å². The Balaban J connectivity index is 3.16. The molecule has 88 valence electrons. The number of ether oxygens (including phenoxy) is 1. The van der Waals surface area contributed by atoms with Crippen molar-refractivity contribution in [2.75, 3.05) is 6.61 Å². The number of carboxylic acids is 1. The van der Waals surface area contributed by atoms with Gasteiger partial charge in [-0.3, -0.25) is 9.59 Å². The fourth-order valence-electron chi connectivity index (χ4n) is 1.13. The SMILES string of the molecule is CCCCC(=O)OCCCCCC(=O)O. The van der Waals surface area contributed by atoms with E-state index in [0.29, 0.717) is 19.4 Å². The van der Waals surface area contributed by atoms with E-state index in [4.69, 9.17) is 9.84 Å². The minimum absolute atomic E-state index is 0.143. The largest absolute Gasteiger partial charge is 0.481 e. The summed E-state index contributed by atoms with van der Waals surface area (Å²) in [6.45, 7) is 2.45. The van der Waals surface area contributed by atoms with Crippen LogP contribution in [0.3, 0.4) is 0 Å². The predicted octanol–water partition coefficient (Wildman–Crippen LogP) is 2.36. The Morgan fingerprint density at radius 3 is 2.40 bits per heavy atom. The molecule has 0 aliphatic heterocycles. The van der Waals surface area contributed by atoms with Gasteiger partial charge in [0, 0.05) is 12.8 Å². The van der Waals surface area contributed by atoms with Gasteiger partial charge in [-0.2, -0.15) is 0 Å². The maximum Gasteiger partial charge on any atom is 0.305 e. The molecule has 0 heterocycles.